The van der Waals surface area contributed by atoms with Gasteiger partial charge in [-0.25, -0.2) is 4.39 Å². The van der Waals surface area contributed by atoms with Crippen LogP contribution in [0.4, 0.5) is 10.2 Å². The number of nitrogens with zero attached hydrogens (tertiary/aromatic N) is 1. The van der Waals surface area contributed by atoms with Crippen molar-refractivity contribution in [2.24, 2.45) is 0 Å². The fraction of sp³-hybridized carbons (Fsp3) is 0.0435. The molecule has 0 radical (unpaired) electrons. The SMILES string of the molecule is O=C(Nc1cc(-c2cccc(F)c2)[nH]n1)C(c1ccccc1)c1ccccc1. The summed E-state index contributed by atoms with van der Waals surface area (Å²) in [6.45, 7) is 0. The number of rotatable bonds is 5. The molecule has 0 aliphatic rings. The summed E-state index contributed by atoms with van der Waals surface area (Å²) in [5.41, 5.74) is 3.08. The van der Waals surface area contributed by atoms with E-state index in [2.05, 4.69) is 15.5 Å². The second-order valence-electron chi connectivity index (χ2n) is 6.42. The van der Waals surface area contributed by atoms with Crippen LogP contribution in [0.3, 0.4) is 0 Å². The summed E-state index contributed by atoms with van der Waals surface area (Å²) in [6.07, 6.45) is 0. The standard InChI is InChI=1S/C23H18FN3O/c24-19-13-7-12-18(14-19)20-15-21(27-26-20)25-23(28)22(16-8-3-1-4-9-16)17-10-5-2-6-11-17/h1-15,22H,(H2,25,26,27,28). The maximum atomic E-state index is 13.4. The van der Waals surface area contributed by atoms with Gasteiger partial charge in [-0.1, -0.05) is 72.8 Å². The third-order valence-corrected chi connectivity index (χ3v) is 4.49. The molecule has 0 spiro atoms. The summed E-state index contributed by atoms with van der Waals surface area (Å²) in [4.78, 5) is 13.1. The highest BCUT2D eigenvalue weighted by Gasteiger charge is 2.23. The summed E-state index contributed by atoms with van der Waals surface area (Å²) in [6, 6.07) is 27.1. The van der Waals surface area contributed by atoms with E-state index in [1.807, 2.05) is 60.7 Å². The second kappa shape index (κ2) is 7.88. The number of H-pyrrole nitrogens is 1. The maximum absolute atomic E-state index is 13.4. The maximum Gasteiger partial charge on any atom is 0.237 e. The lowest BCUT2D eigenvalue weighted by Gasteiger charge is -2.17. The van der Waals surface area contributed by atoms with Gasteiger partial charge in [-0.2, -0.15) is 5.10 Å². The number of aromatic amines is 1. The zero-order valence-electron chi connectivity index (χ0n) is 15.0. The van der Waals surface area contributed by atoms with Gasteiger partial charge >= 0.3 is 0 Å². The van der Waals surface area contributed by atoms with E-state index in [1.165, 1.54) is 12.1 Å². The van der Waals surface area contributed by atoms with Crippen LogP contribution in [-0.2, 0) is 4.79 Å². The topological polar surface area (TPSA) is 57.8 Å². The molecule has 0 atom stereocenters. The van der Waals surface area contributed by atoms with Crippen molar-refractivity contribution < 1.29 is 9.18 Å². The summed E-state index contributed by atoms with van der Waals surface area (Å²) in [7, 11) is 0. The van der Waals surface area contributed by atoms with Gasteiger partial charge in [0, 0.05) is 11.6 Å². The normalized spacial score (nSPS) is 10.8. The Labute approximate surface area is 162 Å². The second-order valence-corrected chi connectivity index (χ2v) is 6.42. The minimum Gasteiger partial charge on any atom is -0.308 e. The molecule has 0 saturated heterocycles. The number of amides is 1. The minimum absolute atomic E-state index is 0.185. The molecule has 2 N–H and O–H groups in total. The van der Waals surface area contributed by atoms with Crippen molar-refractivity contribution in [3.63, 3.8) is 0 Å². The van der Waals surface area contributed by atoms with E-state index >= 15 is 0 Å². The van der Waals surface area contributed by atoms with Crippen LogP contribution in [0, 0.1) is 5.82 Å². The van der Waals surface area contributed by atoms with Gasteiger partial charge in [0.2, 0.25) is 5.91 Å². The summed E-state index contributed by atoms with van der Waals surface area (Å²) in [5, 5.41) is 9.86. The molecule has 4 nitrogen and oxygen atoms in total. The lowest BCUT2D eigenvalue weighted by atomic mass is 9.90. The van der Waals surface area contributed by atoms with E-state index in [1.54, 1.807) is 18.2 Å². The largest absolute Gasteiger partial charge is 0.308 e. The number of halogens is 1. The highest BCUT2D eigenvalue weighted by atomic mass is 19.1. The number of anilines is 1. The fourth-order valence-corrected chi connectivity index (χ4v) is 3.17. The Morgan fingerprint density at radius 3 is 2.11 bits per heavy atom. The van der Waals surface area contributed by atoms with Gasteiger partial charge in [0.1, 0.15) is 5.82 Å². The minimum atomic E-state index is -0.461. The summed E-state index contributed by atoms with van der Waals surface area (Å²) < 4.78 is 13.4. The third kappa shape index (κ3) is 3.83. The molecule has 5 heteroatoms. The first-order chi connectivity index (χ1) is 13.7. The Bertz CT molecular complexity index is 1040. The number of hydrogen-bond donors (Lipinski definition) is 2. The Morgan fingerprint density at radius 2 is 1.50 bits per heavy atom. The first-order valence-electron chi connectivity index (χ1n) is 8.93. The highest BCUT2D eigenvalue weighted by molar-refractivity contribution is 5.97. The molecule has 0 saturated carbocycles. The molecule has 0 bridgehead atoms. The highest BCUT2D eigenvalue weighted by Crippen LogP contribution is 2.27. The molecular formula is C23H18FN3O. The van der Waals surface area contributed by atoms with Gasteiger partial charge in [-0.05, 0) is 23.3 Å². The van der Waals surface area contributed by atoms with E-state index in [9.17, 15) is 9.18 Å². The Hall–Kier alpha value is -3.73. The van der Waals surface area contributed by atoms with Crippen LogP contribution >= 0.6 is 0 Å². The van der Waals surface area contributed by atoms with E-state index < -0.39 is 5.92 Å². The van der Waals surface area contributed by atoms with Crippen LogP contribution in [0.1, 0.15) is 17.0 Å². The van der Waals surface area contributed by atoms with Crippen molar-refractivity contribution in [3.8, 4) is 11.3 Å². The quantitative estimate of drug-likeness (QED) is 0.519. The molecule has 4 rings (SSSR count). The van der Waals surface area contributed by atoms with Crippen molar-refractivity contribution in [3.05, 3.63) is 108 Å². The lowest BCUT2D eigenvalue weighted by molar-refractivity contribution is -0.116. The first-order valence-corrected chi connectivity index (χ1v) is 8.93. The average molecular weight is 371 g/mol. The van der Waals surface area contributed by atoms with Gasteiger partial charge in [0.25, 0.3) is 0 Å². The Kier molecular flexibility index (Phi) is 4.97. The molecule has 4 aromatic rings. The molecule has 3 aromatic carbocycles. The predicted octanol–water partition coefficient (Wildman–Crippen LogP) is 4.99. The molecule has 28 heavy (non-hydrogen) atoms. The van der Waals surface area contributed by atoms with Crippen molar-refractivity contribution in [1.82, 2.24) is 10.2 Å². The number of benzene rings is 3. The van der Waals surface area contributed by atoms with Crippen LogP contribution in [0.5, 0.6) is 0 Å². The van der Waals surface area contributed by atoms with Gasteiger partial charge in [0.15, 0.2) is 5.82 Å². The van der Waals surface area contributed by atoms with Crippen LogP contribution in [0.2, 0.25) is 0 Å². The molecule has 0 fully saturated rings. The summed E-state index contributed by atoms with van der Waals surface area (Å²) in [5.74, 6) is -0.585. The molecule has 1 amide bonds. The van der Waals surface area contributed by atoms with E-state index in [0.717, 1.165) is 11.1 Å². The molecule has 0 unspecified atom stereocenters. The average Bonchev–Trinajstić information content (AvgIpc) is 3.18. The van der Waals surface area contributed by atoms with Crippen LogP contribution < -0.4 is 5.32 Å². The summed E-state index contributed by atoms with van der Waals surface area (Å²) >= 11 is 0. The molecule has 1 aromatic heterocycles. The lowest BCUT2D eigenvalue weighted by Crippen LogP contribution is -2.22. The van der Waals surface area contributed by atoms with Gasteiger partial charge in [0.05, 0.1) is 11.6 Å². The van der Waals surface area contributed by atoms with E-state index in [0.29, 0.717) is 17.1 Å². The zero-order chi connectivity index (χ0) is 19.3. The monoisotopic (exact) mass is 371 g/mol. The Balaban J connectivity index is 1.60. The molecular weight excluding hydrogens is 353 g/mol. The van der Waals surface area contributed by atoms with Crippen LogP contribution in [0.25, 0.3) is 11.3 Å². The number of aromatic nitrogens is 2. The number of hydrogen-bond acceptors (Lipinski definition) is 2. The molecule has 138 valence electrons. The third-order valence-electron chi connectivity index (χ3n) is 4.49. The number of carbonyl (C=O) groups excluding carboxylic acids is 1. The van der Waals surface area contributed by atoms with Crippen molar-refractivity contribution in [2.45, 2.75) is 5.92 Å². The van der Waals surface area contributed by atoms with E-state index in [-0.39, 0.29) is 11.7 Å². The fourth-order valence-electron chi connectivity index (χ4n) is 3.17. The molecule has 0 aliphatic heterocycles. The van der Waals surface area contributed by atoms with E-state index in [4.69, 9.17) is 0 Å². The van der Waals surface area contributed by atoms with Crippen molar-refractivity contribution in [1.29, 1.82) is 0 Å². The predicted molar refractivity (Wildman–Crippen MR) is 107 cm³/mol. The Morgan fingerprint density at radius 1 is 0.857 bits per heavy atom. The van der Waals surface area contributed by atoms with Crippen LogP contribution in [-0.4, -0.2) is 16.1 Å². The smallest absolute Gasteiger partial charge is 0.237 e. The first kappa shape index (κ1) is 17.7. The molecule has 0 aliphatic carbocycles. The van der Waals surface area contributed by atoms with Gasteiger partial charge in [-0.3, -0.25) is 9.89 Å². The van der Waals surface area contributed by atoms with Crippen molar-refractivity contribution in [2.75, 3.05) is 5.32 Å². The molecule has 1 heterocycles. The number of carbonyl (C=O) groups is 1. The number of nitrogens with one attached hydrogen (secondary N) is 2. The zero-order valence-corrected chi connectivity index (χ0v) is 15.0. The van der Waals surface area contributed by atoms with Gasteiger partial charge in [-0.15, -0.1) is 0 Å². The van der Waals surface area contributed by atoms with Gasteiger partial charge < -0.3 is 5.32 Å². The van der Waals surface area contributed by atoms with Crippen molar-refractivity contribution >= 4 is 11.7 Å². The van der Waals surface area contributed by atoms with Crippen LogP contribution in [0.15, 0.2) is 91.0 Å².